The number of hydrogen-bond donors (Lipinski definition) is 2. The van der Waals surface area contributed by atoms with Crippen molar-refractivity contribution in [2.45, 2.75) is 44.9 Å². The van der Waals surface area contributed by atoms with E-state index in [2.05, 4.69) is 5.32 Å². The first-order chi connectivity index (χ1) is 9.69. The molecule has 1 amide bonds. The van der Waals surface area contributed by atoms with Crippen molar-refractivity contribution in [2.24, 2.45) is 0 Å². The van der Waals surface area contributed by atoms with Gasteiger partial charge in [0, 0.05) is 25.1 Å². The van der Waals surface area contributed by atoms with Crippen LogP contribution in [0, 0.1) is 5.82 Å². The van der Waals surface area contributed by atoms with Crippen LogP contribution >= 0.6 is 0 Å². The van der Waals surface area contributed by atoms with Crippen molar-refractivity contribution >= 4 is 5.91 Å². The lowest BCUT2D eigenvalue weighted by molar-refractivity contribution is -0.121. The molecule has 1 fully saturated rings. The predicted octanol–water partition coefficient (Wildman–Crippen LogP) is 1.89. The predicted molar refractivity (Wildman–Crippen MR) is 72.4 cm³/mol. The highest BCUT2D eigenvalue weighted by molar-refractivity contribution is 5.75. The van der Waals surface area contributed by atoms with Crippen molar-refractivity contribution in [1.29, 1.82) is 0 Å². The van der Waals surface area contributed by atoms with Gasteiger partial charge in [-0.2, -0.15) is 0 Å². The SMILES string of the molecule is O=C(CCC1CCCO1)NCc1ccc(F)c(CO)c1. The Labute approximate surface area is 117 Å². The number of aliphatic hydroxyl groups excluding tert-OH is 1. The molecule has 1 saturated heterocycles. The van der Waals surface area contributed by atoms with Crippen molar-refractivity contribution in [3.05, 3.63) is 35.1 Å². The second kappa shape index (κ2) is 7.36. The quantitative estimate of drug-likeness (QED) is 0.837. The van der Waals surface area contributed by atoms with Gasteiger partial charge in [0.25, 0.3) is 0 Å². The van der Waals surface area contributed by atoms with Crippen LogP contribution in [0.15, 0.2) is 18.2 Å². The van der Waals surface area contributed by atoms with Gasteiger partial charge in [0.05, 0.1) is 12.7 Å². The van der Waals surface area contributed by atoms with Crippen molar-refractivity contribution in [2.75, 3.05) is 6.61 Å². The summed E-state index contributed by atoms with van der Waals surface area (Å²) in [6, 6.07) is 4.48. The van der Waals surface area contributed by atoms with Gasteiger partial charge in [0.2, 0.25) is 5.91 Å². The minimum atomic E-state index is -0.430. The van der Waals surface area contributed by atoms with Crippen molar-refractivity contribution in [3.8, 4) is 0 Å². The number of benzene rings is 1. The molecule has 0 saturated carbocycles. The first-order valence-electron chi connectivity index (χ1n) is 6.95. The Morgan fingerprint density at radius 1 is 1.50 bits per heavy atom. The smallest absolute Gasteiger partial charge is 0.220 e. The van der Waals surface area contributed by atoms with E-state index < -0.39 is 5.82 Å². The lowest BCUT2D eigenvalue weighted by atomic mass is 10.1. The van der Waals surface area contributed by atoms with Gasteiger partial charge in [-0.1, -0.05) is 6.07 Å². The summed E-state index contributed by atoms with van der Waals surface area (Å²) in [5.74, 6) is -0.462. The molecule has 1 aromatic rings. The number of ether oxygens (including phenoxy) is 1. The summed E-state index contributed by atoms with van der Waals surface area (Å²) >= 11 is 0. The van der Waals surface area contributed by atoms with Crippen molar-refractivity contribution in [3.63, 3.8) is 0 Å². The Morgan fingerprint density at radius 2 is 2.35 bits per heavy atom. The van der Waals surface area contributed by atoms with E-state index in [1.54, 1.807) is 12.1 Å². The number of amides is 1. The number of hydrogen-bond acceptors (Lipinski definition) is 3. The number of aliphatic hydroxyl groups is 1. The van der Waals surface area contributed by atoms with Gasteiger partial charge < -0.3 is 15.2 Å². The second-order valence-electron chi connectivity index (χ2n) is 5.03. The highest BCUT2D eigenvalue weighted by atomic mass is 19.1. The molecule has 1 aliphatic heterocycles. The number of carbonyl (C=O) groups is 1. The molecule has 4 nitrogen and oxygen atoms in total. The summed E-state index contributed by atoms with van der Waals surface area (Å²) in [5, 5.41) is 11.8. The molecule has 0 radical (unpaired) electrons. The lowest BCUT2D eigenvalue weighted by Crippen LogP contribution is -2.24. The van der Waals surface area contributed by atoms with Crippen molar-refractivity contribution in [1.82, 2.24) is 5.32 Å². The number of nitrogens with one attached hydrogen (secondary N) is 1. The van der Waals surface area contributed by atoms with E-state index in [0.29, 0.717) is 13.0 Å². The fourth-order valence-corrected chi connectivity index (χ4v) is 2.31. The Kier molecular flexibility index (Phi) is 5.49. The van der Waals surface area contributed by atoms with Crippen LogP contribution in [0.3, 0.4) is 0 Å². The molecule has 0 spiro atoms. The maximum atomic E-state index is 13.2. The van der Waals surface area contributed by atoms with E-state index >= 15 is 0 Å². The zero-order valence-electron chi connectivity index (χ0n) is 11.4. The number of halogens is 1. The van der Waals surface area contributed by atoms with Crippen LogP contribution in [-0.2, 0) is 22.7 Å². The zero-order chi connectivity index (χ0) is 14.4. The summed E-state index contributed by atoms with van der Waals surface area (Å²) < 4.78 is 18.7. The number of carbonyl (C=O) groups excluding carboxylic acids is 1. The Bertz CT molecular complexity index is 458. The summed E-state index contributed by atoms with van der Waals surface area (Å²) in [6.07, 6.45) is 3.51. The first kappa shape index (κ1) is 14.9. The van der Waals surface area contributed by atoms with Crippen LogP contribution in [0.4, 0.5) is 4.39 Å². The normalized spacial score (nSPS) is 18.2. The summed E-state index contributed by atoms with van der Waals surface area (Å²) in [5.41, 5.74) is 1.03. The van der Waals surface area contributed by atoms with Crippen LogP contribution in [0.1, 0.15) is 36.8 Å². The van der Waals surface area contributed by atoms with E-state index in [0.717, 1.165) is 31.4 Å². The minimum absolute atomic E-state index is 0.0321. The monoisotopic (exact) mass is 281 g/mol. The van der Waals surface area contributed by atoms with E-state index in [-0.39, 0.29) is 24.2 Å². The Hall–Kier alpha value is -1.46. The van der Waals surface area contributed by atoms with Crippen LogP contribution in [-0.4, -0.2) is 23.7 Å². The molecule has 0 aliphatic carbocycles. The summed E-state index contributed by atoms with van der Waals surface area (Å²) in [4.78, 5) is 11.7. The van der Waals surface area contributed by atoms with Gasteiger partial charge in [0.1, 0.15) is 5.82 Å². The van der Waals surface area contributed by atoms with Crippen LogP contribution in [0.5, 0.6) is 0 Å². The zero-order valence-corrected chi connectivity index (χ0v) is 11.4. The third-order valence-electron chi connectivity index (χ3n) is 3.49. The first-order valence-corrected chi connectivity index (χ1v) is 6.95. The van der Waals surface area contributed by atoms with Crippen molar-refractivity contribution < 1.29 is 19.0 Å². The third kappa shape index (κ3) is 4.28. The molecule has 1 heterocycles. The van der Waals surface area contributed by atoms with E-state index in [1.807, 2.05) is 0 Å². The minimum Gasteiger partial charge on any atom is -0.392 e. The van der Waals surface area contributed by atoms with Crippen LogP contribution < -0.4 is 5.32 Å². The van der Waals surface area contributed by atoms with Gasteiger partial charge in [0.15, 0.2) is 0 Å². The average Bonchev–Trinajstić information content (AvgIpc) is 2.97. The molecule has 1 aliphatic rings. The fraction of sp³-hybridized carbons (Fsp3) is 0.533. The maximum absolute atomic E-state index is 13.2. The van der Waals surface area contributed by atoms with Gasteiger partial charge >= 0.3 is 0 Å². The second-order valence-corrected chi connectivity index (χ2v) is 5.03. The molecular weight excluding hydrogens is 261 g/mol. The highest BCUT2D eigenvalue weighted by Gasteiger charge is 2.16. The molecule has 0 bridgehead atoms. The summed E-state index contributed by atoms with van der Waals surface area (Å²) in [6.45, 7) is 0.802. The van der Waals surface area contributed by atoms with E-state index in [1.165, 1.54) is 6.07 Å². The molecule has 2 N–H and O–H groups in total. The fourth-order valence-electron chi connectivity index (χ4n) is 2.31. The van der Waals surface area contributed by atoms with E-state index in [9.17, 15) is 9.18 Å². The Balaban J connectivity index is 1.74. The average molecular weight is 281 g/mol. The van der Waals surface area contributed by atoms with Gasteiger partial charge in [-0.15, -0.1) is 0 Å². The Morgan fingerprint density at radius 3 is 3.05 bits per heavy atom. The topological polar surface area (TPSA) is 58.6 Å². The summed E-state index contributed by atoms with van der Waals surface area (Å²) in [7, 11) is 0. The molecule has 1 aromatic carbocycles. The molecule has 110 valence electrons. The molecule has 2 rings (SSSR count). The molecule has 0 aromatic heterocycles. The number of rotatable bonds is 6. The standard InChI is InChI=1S/C15H20FNO3/c16-14-5-3-11(8-12(14)10-18)9-17-15(19)6-4-13-2-1-7-20-13/h3,5,8,13,18H,1-2,4,6-7,9-10H2,(H,17,19). The largest absolute Gasteiger partial charge is 0.392 e. The third-order valence-corrected chi connectivity index (χ3v) is 3.49. The maximum Gasteiger partial charge on any atom is 0.220 e. The molecular formula is C15H20FNO3. The highest BCUT2D eigenvalue weighted by Crippen LogP contribution is 2.16. The molecule has 5 heteroatoms. The van der Waals surface area contributed by atoms with Crippen LogP contribution in [0.25, 0.3) is 0 Å². The van der Waals surface area contributed by atoms with Crippen LogP contribution in [0.2, 0.25) is 0 Å². The van der Waals surface area contributed by atoms with Gasteiger partial charge in [-0.3, -0.25) is 4.79 Å². The lowest BCUT2D eigenvalue weighted by Gasteiger charge is -2.10. The molecule has 1 unspecified atom stereocenters. The molecule has 1 atom stereocenters. The molecule has 20 heavy (non-hydrogen) atoms. The van der Waals surface area contributed by atoms with Gasteiger partial charge in [-0.05, 0) is 37.0 Å². The van der Waals surface area contributed by atoms with E-state index in [4.69, 9.17) is 9.84 Å². The van der Waals surface area contributed by atoms with Gasteiger partial charge in [-0.25, -0.2) is 4.39 Å².